The topological polar surface area (TPSA) is 47.2 Å². The number of rotatable bonds is 2. The predicted octanol–water partition coefficient (Wildman–Crippen LogP) is 2.35. The first-order valence-electron chi connectivity index (χ1n) is 8.68. The van der Waals surface area contributed by atoms with Gasteiger partial charge in [-0.2, -0.15) is 0 Å². The molecule has 1 saturated carbocycles. The van der Waals surface area contributed by atoms with E-state index in [1.165, 1.54) is 30.3 Å². The highest BCUT2D eigenvalue weighted by Crippen LogP contribution is 2.29. The summed E-state index contributed by atoms with van der Waals surface area (Å²) >= 11 is 0. The van der Waals surface area contributed by atoms with E-state index in [0.717, 1.165) is 50.2 Å². The van der Waals surface area contributed by atoms with Gasteiger partial charge in [-0.25, -0.2) is 4.79 Å². The Hall–Kier alpha value is -1.52. The van der Waals surface area contributed by atoms with Crippen LogP contribution in [0.3, 0.4) is 0 Å². The van der Waals surface area contributed by atoms with E-state index in [9.17, 15) is 9.59 Å². The van der Waals surface area contributed by atoms with E-state index in [0.29, 0.717) is 0 Å². The molecule has 2 fully saturated rings. The molecule has 0 unspecified atom stereocenters. The lowest BCUT2D eigenvalue weighted by Gasteiger charge is -2.33. The van der Waals surface area contributed by atoms with Crippen molar-refractivity contribution in [2.24, 2.45) is 7.05 Å². The van der Waals surface area contributed by atoms with Gasteiger partial charge in [0.25, 0.3) is 5.56 Å². The van der Waals surface area contributed by atoms with Crippen molar-refractivity contribution in [3.8, 4) is 0 Å². The number of nitrogens with zero attached hydrogens (tertiary/aromatic N) is 3. The summed E-state index contributed by atoms with van der Waals surface area (Å²) in [6, 6.07) is 0.261. The van der Waals surface area contributed by atoms with E-state index in [2.05, 4.69) is 4.90 Å². The van der Waals surface area contributed by atoms with Gasteiger partial charge >= 0.3 is 5.69 Å². The second-order valence-corrected chi connectivity index (χ2v) is 6.79. The van der Waals surface area contributed by atoms with Gasteiger partial charge in [0.05, 0.1) is 0 Å². The van der Waals surface area contributed by atoms with Gasteiger partial charge in [-0.05, 0) is 39.0 Å². The SMILES string of the molecule is Cc1c(N2CCCCC2)c(=O)n(C)c(=O)n1C1CCCCC1. The van der Waals surface area contributed by atoms with Crippen LogP contribution in [0.15, 0.2) is 9.59 Å². The minimum Gasteiger partial charge on any atom is -0.366 e. The first-order chi connectivity index (χ1) is 10.6. The van der Waals surface area contributed by atoms with Crippen molar-refractivity contribution in [3.05, 3.63) is 26.5 Å². The molecule has 5 nitrogen and oxygen atoms in total. The molecule has 0 aromatic carbocycles. The molecular weight excluding hydrogens is 278 g/mol. The van der Waals surface area contributed by atoms with E-state index in [1.807, 2.05) is 11.5 Å². The molecule has 1 saturated heterocycles. The van der Waals surface area contributed by atoms with Crippen molar-refractivity contribution >= 4 is 5.69 Å². The monoisotopic (exact) mass is 305 g/mol. The first-order valence-corrected chi connectivity index (χ1v) is 8.68. The lowest BCUT2D eigenvalue weighted by atomic mass is 9.95. The van der Waals surface area contributed by atoms with Gasteiger partial charge < -0.3 is 4.90 Å². The maximum atomic E-state index is 12.7. The highest BCUT2D eigenvalue weighted by Gasteiger charge is 2.25. The number of hydrogen-bond acceptors (Lipinski definition) is 3. The highest BCUT2D eigenvalue weighted by molar-refractivity contribution is 5.49. The van der Waals surface area contributed by atoms with Gasteiger partial charge in [0.2, 0.25) is 0 Å². The largest absolute Gasteiger partial charge is 0.366 e. The first kappa shape index (κ1) is 15.4. The van der Waals surface area contributed by atoms with Gasteiger partial charge in [0.15, 0.2) is 0 Å². The minimum absolute atomic E-state index is 0.128. The zero-order valence-electron chi connectivity index (χ0n) is 13.8. The number of anilines is 1. The molecule has 1 aliphatic heterocycles. The molecule has 0 bridgehead atoms. The zero-order valence-corrected chi connectivity index (χ0v) is 13.8. The van der Waals surface area contributed by atoms with E-state index >= 15 is 0 Å². The summed E-state index contributed by atoms with van der Waals surface area (Å²) in [6.07, 6.45) is 9.22. The molecule has 1 aromatic rings. The highest BCUT2D eigenvalue weighted by atomic mass is 16.2. The minimum atomic E-state index is -0.143. The Morgan fingerprint density at radius 3 is 2.14 bits per heavy atom. The molecule has 0 spiro atoms. The molecular formula is C17H27N3O2. The van der Waals surface area contributed by atoms with Crippen LogP contribution >= 0.6 is 0 Å². The lowest BCUT2D eigenvalue weighted by Crippen LogP contribution is -2.46. The third kappa shape index (κ3) is 2.61. The molecule has 0 atom stereocenters. The van der Waals surface area contributed by atoms with E-state index in [-0.39, 0.29) is 17.3 Å². The molecule has 1 aliphatic carbocycles. The summed E-state index contributed by atoms with van der Waals surface area (Å²) in [6.45, 7) is 3.82. The van der Waals surface area contributed by atoms with Gasteiger partial charge in [0.1, 0.15) is 5.69 Å². The molecule has 0 amide bonds. The van der Waals surface area contributed by atoms with Crippen molar-refractivity contribution in [1.29, 1.82) is 0 Å². The molecule has 22 heavy (non-hydrogen) atoms. The van der Waals surface area contributed by atoms with Gasteiger partial charge in [0, 0.05) is 31.9 Å². The standard InChI is InChI=1S/C17H27N3O2/c1-13-15(19-11-7-4-8-12-19)16(21)18(2)17(22)20(13)14-9-5-3-6-10-14/h14H,3-12H2,1-2H3. The Morgan fingerprint density at radius 1 is 0.909 bits per heavy atom. The molecule has 122 valence electrons. The Bertz CT molecular complexity index is 594. The van der Waals surface area contributed by atoms with Crippen LogP contribution in [0.5, 0.6) is 0 Å². The van der Waals surface area contributed by atoms with Gasteiger partial charge in [-0.1, -0.05) is 19.3 Å². The van der Waals surface area contributed by atoms with Crippen molar-refractivity contribution in [2.75, 3.05) is 18.0 Å². The van der Waals surface area contributed by atoms with E-state index in [1.54, 1.807) is 7.05 Å². The summed E-state index contributed by atoms with van der Waals surface area (Å²) < 4.78 is 3.22. The third-order valence-electron chi connectivity index (χ3n) is 5.32. The molecule has 3 rings (SSSR count). The van der Waals surface area contributed by atoms with Gasteiger partial charge in [-0.3, -0.25) is 13.9 Å². The summed E-state index contributed by atoms with van der Waals surface area (Å²) in [5.41, 5.74) is 1.36. The van der Waals surface area contributed by atoms with Crippen molar-refractivity contribution < 1.29 is 0 Å². The van der Waals surface area contributed by atoms with E-state index in [4.69, 9.17) is 0 Å². The van der Waals surface area contributed by atoms with Crippen molar-refractivity contribution in [2.45, 2.75) is 64.3 Å². The summed E-state index contributed by atoms with van der Waals surface area (Å²) in [4.78, 5) is 27.5. The Morgan fingerprint density at radius 2 is 1.50 bits per heavy atom. The molecule has 1 aromatic heterocycles. The van der Waals surface area contributed by atoms with Crippen LogP contribution in [0, 0.1) is 6.92 Å². The van der Waals surface area contributed by atoms with Crippen molar-refractivity contribution in [1.82, 2.24) is 9.13 Å². The summed E-state index contributed by atoms with van der Waals surface area (Å²) in [5.74, 6) is 0. The smallest absolute Gasteiger partial charge is 0.331 e. The fourth-order valence-corrected chi connectivity index (χ4v) is 4.07. The van der Waals surface area contributed by atoms with Gasteiger partial charge in [-0.15, -0.1) is 0 Å². The van der Waals surface area contributed by atoms with Crippen LogP contribution < -0.4 is 16.1 Å². The Kier molecular flexibility index (Phi) is 4.41. The number of aromatic nitrogens is 2. The fraction of sp³-hybridized carbons (Fsp3) is 0.765. The van der Waals surface area contributed by atoms with Crippen molar-refractivity contribution in [3.63, 3.8) is 0 Å². The summed E-state index contributed by atoms with van der Waals surface area (Å²) in [5, 5.41) is 0. The average molecular weight is 305 g/mol. The van der Waals surface area contributed by atoms with Crippen LogP contribution in [0.2, 0.25) is 0 Å². The lowest BCUT2D eigenvalue weighted by molar-refractivity contribution is 0.332. The Labute approximate surface area is 131 Å². The molecule has 0 radical (unpaired) electrons. The van der Waals surface area contributed by atoms with Crippen LogP contribution in [-0.4, -0.2) is 22.2 Å². The summed E-state index contributed by atoms with van der Waals surface area (Å²) in [7, 11) is 1.62. The molecule has 2 heterocycles. The van der Waals surface area contributed by atoms with Crippen LogP contribution in [0.4, 0.5) is 5.69 Å². The fourth-order valence-electron chi connectivity index (χ4n) is 4.07. The third-order valence-corrected chi connectivity index (χ3v) is 5.32. The molecule has 5 heteroatoms. The maximum absolute atomic E-state index is 12.7. The quantitative estimate of drug-likeness (QED) is 0.842. The van der Waals surface area contributed by atoms with Crippen LogP contribution in [0.1, 0.15) is 63.1 Å². The molecule has 0 N–H and O–H groups in total. The average Bonchev–Trinajstić information content (AvgIpc) is 2.55. The van der Waals surface area contributed by atoms with E-state index < -0.39 is 0 Å². The number of piperidine rings is 1. The number of hydrogen-bond donors (Lipinski definition) is 0. The normalized spacial score (nSPS) is 20.4. The molecule has 2 aliphatic rings. The zero-order chi connectivity index (χ0) is 15.7. The van der Waals surface area contributed by atoms with Crippen LogP contribution in [0.25, 0.3) is 0 Å². The Balaban J connectivity index is 2.11. The van der Waals surface area contributed by atoms with Crippen LogP contribution in [-0.2, 0) is 7.05 Å². The second kappa shape index (κ2) is 6.31. The predicted molar refractivity (Wildman–Crippen MR) is 88.9 cm³/mol. The maximum Gasteiger partial charge on any atom is 0.331 e. The second-order valence-electron chi connectivity index (χ2n) is 6.79.